The Labute approximate surface area is 126 Å². The van der Waals surface area contributed by atoms with E-state index < -0.39 is 9.84 Å². The van der Waals surface area contributed by atoms with Crippen LogP contribution in [0.1, 0.15) is 10.4 Å². The lowest BCUT2D eigenvalue weighted by molar-refractivity contribution is 0.102. The molecule has 0 atom stereocenters. The number of carbonyl (C=O) groups is 1. The summed E-state index contributed by atoms with van der Waals surface area (Å²) in [5.74, 6) is 0.877. The summed E-state index contributed by atoms with van der Waals surface area (Å²) in [4.78, 5) is 11.8. The van der Waals surface area contributed by atoms with Gasteiger partial charge in [-0.1, -0.05) is 0 Å². The van der Waals surface area contributed by atoms with Crippen LogP contribution in [0.15, 0.2) is 13.6 Å². The molecule has 0 amide bonds. The summed E-state index contributed by atoms with van der Waals surface area (Å²) in [5.41, 5.74) is 0.647. The van der Waals surface area contributed by atoms with Crippen LogP contribution in [-0.2, 0) is 9.84 Å². The first kappa shape index (κ1) is 15.7. The normalized spacial score (nSPS) is 11.7. The highest BCUT2D eigenvalue weighted by molar-refractivity contribution is 9.12. The van der Waals surface area contributed by atoms with Gasteiger partial charge in [0.1, 0.15) is 9.84 Å². The Balaban J connectivity index is 2.43. The maximum Gasteiger partial charge on any atom is 0.174 e. The monoisotopic (exact) mass is 420 g/mol. The van der Waals surface area contributed by atoms with Gasteiger partial charge in [0.2, 0.25) is 0 Å². The third kappa shape index (κ3) is 5.87. The SMILES string of the molecule is CS(=O)(=O)CCSCC(=O)c1cc(Br)sc1Br. The molecule has 0 saturated heterocycles. The fourth-order valence-electron chi connectivity index (χ4n) is 0.983. The van der Waals surface area contributed by atoms with Crippen molar-refractivity contribution in [3.63, 3.8) is 0 Å². The molecule has 0 aromatic carbocycles. The van der Waals surface area contributed by atoms with Crippen molar-refractivity contribution in [2.45, 2.75) is 0 Å². The lowest BCUT2D eigenvalue weighted by Gasteiger charge is -1.99. The molecular formula is C9H10Br2O3S3. The van der Waals surface area contributed by atoms with Crippen LogP contribution in [0, 0.1) is 0 Å². The molecule has 0 unspecified atom stereocenters. The van der Waals surface area contributed by atoms with E-state index in [1.165, 1.54) is 29.4 Å². The van der Waals surface area contributed by atoms with E-state index in [1.54, 1.807) is 6.07 Å². The minimum absolute atomic E-state index is 0.0114. The molecule has 0 saturated carbocycles. The molecule has 0 bridgehead atoms. The second kappa shape index (κ2) is 6.70. The molecule has 3 nitrogen and oxygen atoms in total. The summed E-state index contributed by atoms with van der Waals surface area (Å²) in [7, 11) is -2.94. The van der Waals surface area contributed by atoms with E-state index in [1.807, 2.05) is 0 Å². The van der Waals surface area contributed by atoms with Gasteiger partial charge in [0.05, 0.1) is 19.1 Å². The van der Waals surface area contributed by atoms with Gasteiger partial charge in [-0.3, -0.25) is 4.79 Å². The first-order valence-corrected chi connectivity index (χ1v) is 10.1. The maximum absolute atomic E-state index is 11.8. The van der Waals surface area contributed by atoms with E-state index >= 15 is 0 Å². The Kier molecular flexibility index (Phi) is 6.18. The van der Waals surface area contributed by atoms with Gasteiger partial charge in [0.15, 0.2) is 5.78 Å². The molecule has 0 N–H and O–H groups in total. The van der Waals surface area contributed by atoms with Crippen LogP contribution in [0.25, 0.3) is 0 Å². The maximum atomic E-state index is 11.8. The van der Waals surface area contributed by atoms with Gasteiger partial charge in [0, 0.05) is 17.6 Å². The highest BCUT2D eigenvalue weighted by Gasteiger charge is 2.13. The van der Waals surface area contributed by atoms with Crippen LogP contribution in [0.4, 0.5) is 0 Å². The largest absolute Gasteiger partial charge is 0.293 e. The Morgan fingerprint density at radius 2 is 2.12 bits per heavy atom. The van der Waals surface area contributed by atoms with Gasteiger partial charge in [-0.05, 0) is 37.9 Å². The molecule has 1 aromatic heterocycles. The quantitative estimate of drug-likeness (QED) is 0.522. The molecule has 0 aliphatic rings. The number of thiophene rings is 1. The zero-order valence-electron chi connectivity index (χ0n) is 8.90. The molecule has 0 radical (unpaired) electrons. The molecule has 96 valence electrons. The van der Waals surface area contributed by atoms with Crippen molar-refractivity contribution in [3.8, 4) is 0 Å². The van der Waals surface area contributed by atoms with E-state index in [4.69, 9.17) is 0 Å². The third-order valence-electron chi connectivity index (χ3n) is 1.79. The second-order valence-electron chi connectivity index (χ2n) is 3.34. The molecule has 0 aliphatic heterocycles. The number of hydrogen-bond acceptors (Lipinski definition) is 5. The van der Waals surface area contributed by atoms with Crippen LogP contribution in [0.5, 0.6) is 0 Å². The highest BCUT2D eigenvalue weighted by Crippen LogP contribution is 2.32. The lowest BCUT2D eigenvalue weighted by Crippen LogP contribution is -2.08. The van der Waals surface area contributed by atoms with E-state index in [0.29, 0.717) is 17.1 Å². The van der Waals surface area contributed by atoms with Crippen molar-refractivity contribution >= 4 is 70.6 Å². The first-order valence-electron chi connectivity index (χ1n) is 4.53. The van der Waals surface area contributed by atoms with Gasteiger partial charge >= 0.3 is 0 Å². The Morgan fingerprint density at radius 3 is 2.59 bits per heavy atom. The average molecular weight is 422 g/mol. The number of hydrogen-bond donors (Lipinski definition) is 0. The van der Waals surface area contributed by atoms with Crippen LogP contribution < -0.4 is 0 Å². The number of ketones is 1. The number of rotatable bonds is 6. The molecule has 0 fully saturated rings. The molecular weight excluding hydrogens is 412 g/mol. The molecule has 1 rings (SSSR count). The number of halogens is 2. The molecule has 0 aliphatic carbocycles. The van der Waals surface area contributed by atoms with Gasteiger partial charge in [0.25, 0.3) is 0 Å². The Morgan fingerprint density at radius 1 is 1.47 bits per heavy atom. The average Bonchev–Trinajstić information content (AvgIpc) is 2.51. The summed E-state index contributed by atoms with van der Waals surface area (Å²) in [5, 5.41) is 0. The van der Waals surface area contributed by atoms with Crippen molar-refractivity contribution in [2.75, 3.05) is 23.5 Å². The highest BCUT2D eigenvalue weighted by atomic mass is 79.9. The third-order valence-corrected chi connectivity index (χ3v) is 6.29. The van der Waals surface area contributed by atoms with Gasteiger partial charge < -0.3 is 0 Å². The van der Waals surface area contributed by atoms with Crippen molar-refractivity contribution in [3.05, 3.63) is 19.2 Å². The van der Waals surface area contributed by atoms with E-state index in [2.05, 4.69) is 31.9 Å². The molecule has 17 heavy (non-hydrogen) atoms. The smallest absolute Gasteiger partial charge is 0.174 e. The van der Waals surface area contributed by atoms with Crippen LogP contribution in [0.3, 0.4) is 0 Å². The van der Waals surface area contributed by atoms with E-state index in [0.717, 1.165) is 7.57 Å². The van der Waals surface area contributed by atoms with Gasteiger partial charge in [-0.25, -0.2) is 8.42 Å². The van der Waals surface area contributed by atoms with Gasteiger partial charge in [-0.2, -0.15) is 11.8 Å². The minimum Gasteiger partial charge on any atom is -0.293 e. The Hall–Kier alpha value is 0.630. The zero-order valence-corrected chi connectivity index (χ0v) is 14.5. The standard InChI is InChI=1S/C9H10Br2O3S3/c1-17(13,14)3-2-15-5-7(12)6-4-8(10)16-9(6)11/h4H,2-3,5H2,1H3. The van der Waals surface area contributed by atoms with Crippen molar-refractivity contribution in [2.24, 2.45) is 0 Å². The van der Waals surface area contributed by atoms with Crippen LogP contribution in [0.2, 0.25) is 0 Å². The number of thioether (sulfide) groups is 1. The predicted octanol–water partition coefficient (Wildman–Crippen LogP) is 3.23. The lowest BCUT2D eigenvalue weighted by atomic mass is 10.2. The summed E-state index contributed by atoms with van der Waals surface area (Å²) in [6.45, 7) is 0. The summed E-state index contributed by atoms with van der Waals surface area (Å²) in [6, 6.07) is 1.77. The molecule has 1 heterocycles. The van der Waals surface area contributed by atoms with E-state index in [9.17, 15) is 13.2 Å². The van der Waals surface area contributed by atoms with Gasteiger partial charge in [-0.15, -0.1) is 11.3 Å². The van der Waals surface area contributed by atoms with Crippen molar-refractivity contribution < 1.29 is 13.2 Å². The van der Waals surface area contributed by atoms with Crippen molar-refractivity contribution in [1.82, 2.24) is 0 Å². The minimum atomic E-state index is -2.94. The van der Waals surface area contributed by atoms with E-state index in [-0.39, 0.29) is 11.5 Å². The topological polar surface area (TPSA) is 51.2 Å². The first-order chi connectivity index (χ1) is 7.79. The fourth-order valence-corrected chi connectivity index (χ4v) is 6.01. The fraction of sp³-hybridized carbons (Fsp3) is 0.444. The second-order valence-corrected chi connectivity index (χ2v) is 10.5. The number of carbonyl (C=O) groups excluding carboxylic acids is 1. The molecule has 1 aromatic rings. The number of Topliss-reactive ketones (excluding diaryl/α,β-unsaturated/α-hetero) is 1. The molecule has 8 heteroatoms. The molecule has 0 spiro atoms. The summed E-state index contributed by atoms with van der Waals surface area (Å²) in [6.07, 6.45) is 1.20. The summed E-state index contributed by atoms with van der Waals surface area (Å²) >= 11 is 9.42. The summed E-state index contributed by atoms with van der Waals surface area (Å²) < 4.78 is 23.5. The van der Waals surface area contributed by atoms with Crippen molar-refractivity contribution in [1.29, 1.82) is 0 Å². The van der Waals surface area contributed by atoms with Crippen LogP contribution in [-0.4, -0.2) is 37.7 Å². The zero-order chi connectivity index (χ0) is 13.1. The number of sulfone groups is 1. The Bertz CT molecular complexity index is 508. The van der Waals surface area contributed by atoms with Crippen LogP contribution >= 0.6 is 55.0 Å². The predicted molar refractivity (Wildman–Crippen MR) is 81.1 cm³/mol.